The molecule has 1 atom stereocenters. The number of carbonyl (C=O) groups is 1. The van der Waals surface area contributed by atoms with Gasteiger partial charge in [-0.2, -0.15) is 0 Å². The average molecular weight is 257 g/mol. The van der Waals surface area contributed by atoms with E-state index in [9.17, 15) is 4.79 Å². The molecule has 0 heterocycles. The summed E-state index contributed by atoms with van der Waals surface area (Å²) in [6, 6.07) is 4.95. The lowest BCUT2D eigenvalue weighted by Gasteiger charge is -2.16. The predicted molar refractivity (Wildman–Crippen MR) is 70.2 cm³/mol. The summed E-state index contributed by atoms with van der Waals surface area (Å²) >= 11 is 5.79. The van der Waals surface area contributed by atoms with Crippen molar-refractivity contribution >= 4 is 28.9 Å². The first kappa shape index (κ1) is 13.8. The van der Waals surface area contributed by atoms with Crippen molar-refractivity contribution in [3.05, 3.63) is 23.2 Å². The highest BCUT2D eigenvalue weighted by Gasteiger charge is 2.15. The van der Waals surface area contributed by atoms with Gasteiger partial charge in [0.2, 0.25) is 0 Å². The van der Waals surface area contributed by atoms with E-state index in [0.29, 0.717) is 16.4 Å². The molecule has 3 N–H and O–H groups in total. The molecule has 4 nitrogen and oxygen atoms in total. The molecule has 0 aliphatic carbocycles. The molecule has 0 saturated heterocycles. The topological polar surface area (TPSA) is 64.3 Å². The number of hydrogen-bond acceptors (Lipinski definition) is 3. The molecule has 0 fully saturated rings. The van der Waals surface area contributed by atoms with Crippen LogP contribution >= 0.6 is 11.6 Å². The van der Waals surface area contributed by atoms with Gasteiger partial charge in [0.15, 0.2) is 0 Å². The molecular formula is C12H17ClN2O2. The lowest BCUT2D eigenvalue weighted by Crippen LogP contribution is -2.29. The van der Waals surface area contributed by atoms with Crippen molar-refractivity contribution in [3.8, 4) is 0 Å². The number of ether oxygens (including phenoxy) is 1. The number of amides is 1. The van der Waals surface area contributed by atoms with Crippen LogP contribution in [0.1, 0.15) is 20.8 Å². The Bertz CT molecular complexity index is 407. The third-order valence-corrected chi connectivity index (χ3v) is 2.45. The van der Waals surface area contributed by atoms with E-state index in [-0.39, 0.29) is 12.0 Å². The zero-order chi connectivity index (χ0) is 13.0. The summed E-state index contributed by atoms with van der Waals surface area (Å²) in [5, 5.41) is 3.18. The van der Waals surface area contributed by atoms with E-state index in [4.69, 9.17) is 22.1 Å². The lowest BCUT2D eigenvalue weighted by atomic mass is 10.2. The number of rotatable bonds is 4. The summed E-state index contributed by atoms with van der Waals surface area (Å²) in [5.41, 5.74) is 6.68. The molecule has 0 bridgehead atoms. The molecule has 0 aliphatic rings. The third kappa shape index (κ3) is 4.24. The van der Waals surface area contributed by atoms with E-state index >= 15 is 0 Å². The first-order chi connectivity index (χ1) is 7.90. The van der Waals surface area contributed by atoms with E-state index in [1.165, 1.54) is 0 Å². The normalized spacial score (nSPS) is 12.5. The van der Waals surface area contributed by atoms with Gasteiger partial charge in [0.25, 0.3) is 5.91 Å². The van der Waals surface area contributed by atoms with E-state index in [1.54, 1.807) is 25.1 Å². The van der Waals surface area contributed by atoms with Crippen molar-refractivity contribution in [2.75, 3.05) is 11.1 Å². The number of anilines is 2. The predicted octanol–water partition coefficient (Wildman–Crippen LogP) is 2.67. The largest absolute Gasteiger partial charge is 0.397 e. The maximum absolute atomic E-state index is 11.7. The highest BCUT2D eigenvalue weighted by Crippen LogP contribution is 2.22. The number of carbonyl (C=O) groups excluding carboxylic acids is 1. The van der Waals surface area contributed by atoms with Gasteiger partial charge in [-0.05, 0) is 39.0 Å². The quantitative estimate of drug-likeness (QED) is 0.814. The Balaban J connectivity index is 2.64. The molecule has 0 aromatic heterocycles. The standard InChI is InChI=1S/C12H17ClN2O2/c1-7(2)17-8(3)12(16)15-9-4-5-10(13)11(14)6-9/h4-8H,14H2,1-3H3,(H,15,16). The van der Waals surface area contributed by atoms with Crippen molar-refractivity contribution < 1.29 is 9.53 Å². The smallest absolute Gasteiger partial charge is 0.253 e. The van der Waals surface area contributed by atoms with Crippen LogP contribution in [0.25, 0.3) is 0 Å². The summed E-state index contributed by atoms with van der Waals surface area (Å²) < 4.78 is 5.37. The summed E-state index contributed by atoms with van der Waals surface area (Å²) in [7, 11) is 0. The molecule has 94 valence electrons. The monoisotopic (exact) mass is 256 g/mol. The van der Waals surface area contributed by atoms with Gasteiger partial charge in [0.05, 0.1) is 16.8 Å². The van der Waals surface area contributed by atoms with Gasteiger partial charge in [-0.25, -0.2) is 0 Å². The fraction of sp³-hybridized carbons (Fsp3) is 0.417. The number of nitrogens with one attached hydrogen (secondary N) is 1. The van der Waals surface area contributed by atoms with Crippen LogP contribution in [0.3, 0.4) is 0 Å². The van der Waals surface area contributed by atoms with Crippen LogP contribution in [0.15, 0.2) is 18.2 Å². The first-order valence-electron chi connectivity index (χ1n) is 5.41. The van der Waals surface area contributed by atoms with Crippen LogP contribution in [0.5, 0.6) is 0 Å². The van der Waals surface area contributed by atoms with Crippen LogP contribution in [-0.2, 0) is 9.53 Å². The lowest BCUT2D eigenvalue weighted by molar-refractivity contribution is -0.128. The molecule has 17 heavy (non-hydrogen) atoms. The molecule has 0 spiro atoms. The summed E-state index contributed by atoms with van der Waals surface area (Å²) in [6.45, 7) is 5.46. The Hall–Kier alpha value is -1.26. The fourth-order valence-corrected chi connectivity index (χ4v) is 1.45. The molecule has 1 rings (SSSR count). The molecule has 0 saturated carbocycles. The minimum absolute atomic E-state index is 0.00559. The van der Waals surface area contributed by atoms with Crippen molar-refractivity contribution in [1.29, 1.82) is 0 Å². The minimum atomic E-state index is -0.507. The third-order valence-electron chi connectivity index (χ3n) is 2.11. The number of halogens is 1. The second kappa shape index (κ2) is 5.89. The fourth-order valence-electron chi connectivity index (χ4n) is 1.34. The maximum Gasteiger partial charge on any atom is 0.253 e. The van der Waals surface area contributed by atoms with Gasteiger partial charge in [0, 0.05) is 5.69 Å². The van der Waals surface area contributed by atoms with Crippen LogP contribution in [-0.4, -0.2) is 18.1 Å². The van der Waals surface area contributed by atoms with Crippen molar-refractivity contribution in [1.82, 2.24) is 0 Å². The number of nitrogen functional groups attached to an aromatic ring is 1. The molecule has 0 aliphatic heterocycles. The van der Waals surface area contributed by atoms with Crippen molar-refractivity contribution in [2.45, 2.75) is 33.0 Å². The van der Waals surface area contributed by atoms with Crippen LogP contribution < -0.4 is 11.1 Å². The van der Waals surface area contributed by atoms with Gasteiger partial charge in [-0.1, -0.05) is 11.6 Å². The SMILES string of the molecule is CC(C)OC(C)C(=O)Nc1ccc(Cl)c(N)c1. The van der Waals surface area contributed by atoms with Gasteiger partial charge in [0.1, 0.15) is 6.10 Å². The molecule has 1 aromatic carbocycles. The van der Waals surface area contributed by atoms with Gasteiger partial charge < -0.3 is 15.8 Å². The van der Waals surface area contributed by atoms with Crippen molar-refractivity contribution in [2.24, 2.45) is 0 Å². The second-order valence-corrected chi connectivity index (χ2v) is 4.46. The van der Waals surface area contributed by atoms with Gasteiger partial charge in [-0.3, -0.25) is 4.79 Å². The Kier molecular flexibility index (Phi) is 4.78. The van der Waals surface area contributed by atoms with Crippen LogP contribution in [0.4, 0.5) is 11.4 Å². The zero-order valence-corrected chi connectivity index (χ0v) is 10.9. The molecular weight excluding hydrogens is 240 g/mol. The summed E-state index contributed by atoms with van der Waals surface area (Å²) in [5.74, 6) is -0.208. The van der Waals surface area contributed by atoms with Crippen LogP contribution in [0.2, 0.25) is 5.02 Å². The Morgan fingerprint density at radius 1 is 1.41 bits per heavy atom. The number of nitrogens with two attached hydrogens (primary N) is 1. The number of benzene rings is 1. The first-order valence-corrected chi connectivity index (χ1v) is 5.79. The highest BCUT2D eigenvalue weighted by molar-refractivity contribution is 6.33. The van der Waals surface area contributed by atoms with Gasteiger partial charge >= 0.3 is 0 Å². The van der Waals surface area contributed by atoms with Crippen molar-refractivity contribution in [3.63, 3.8) is 0 Å². The second-order valence-electron chi connectivity index (χ2n) is 4.05. The van der Waals surface area contributed by atoms with E-state index in [0.717, 1.165) is 0 Å². The Labute approximate surface area is 106 Å². The van der Waals surface area contributed by atoms with E-state index < -0.39 is 6.10 Å². The average Bonchev–Trinajstić information content (AvgIpc) is 2.22. The molecule has 5 heteroatoms. The maximum atomic E-state index is 11.7. The van der Waals surface area contributed by atoms with E-state index in [2.05, 4.69) is 5.32 Å². The molecule has 1 unspecified atom stereocenters. The molecule has 1 amide bonds. The Morgan fingerprint density at radius 2 is 2.06 bits per heavy atom. The summed E-state index contributed by atoms with van der Waals surface area (Å²) in [4.78, 5) is 11.7. The zero-order valence-electron chi connectivity index (χ0n) is 10.2. The number of hydrogen-bond donors (Lipinski definition) is 2. The Morgan fingerprint density at radius 3 is 2.59 bits per heavy atom. The van der Waals surface area contributed by atoms with Gasteiger partial charge in [-0.15, -0.1) is 0 Å². The molecule has 0 radical (unpaired) electrons. The highest BCUT2D eigenvalue weighted by atomic mass is 35.5. The minimum Gasteiger partial charge on any atom is -0.397 e. The van der Waals surface area contributed by atoms with Crippen LogP contribution in [0, 0.1) is 0 Å². The summed E-state index contributed by atoms with van der Waals surface area (Å²) in [6.07, 6.45) is -0.502. The molecule has 1 aromatic rings. The van der Waals surface area contributed by atoms with E-state index in [1.807, 2.05) is 13.8 Å².